The summed E-state index contributed by atoms with van der Waals surface area (Å²) in [6.45, 7) is 4.28. The van der Waals surface area contributed by atoms with Crippen LogP contribution in [0, 0.1) is 0 Å². The monoisotopic (exact) mass is 402 g/mol. The van der Waals surface area contributed by atoms with Crippen molar-refractivity contribution in [1.29, 1.82) is 0 Å². The van der Waals surface area contributed by atoms with Crippen molar-refractivity contribution in [3.63, 3.8) is 0 Å². The molecule has 6 nitrogen and oxygen atoms in total. The van der Waals surface area contributed by atoms with Crippen LogP contribution in [0.2, 0.25) is 0 Å². The maximum absolute atomic E-state index is 12.6. The van der Waals surface area contributed by atoms with Crippen molar-refractivity contribution >= 4 is 11.7 Å². The van der Waals surface area contributed by atoms with E-state index in [0.717, 1.165) is 63.2 Å². The summed E-state index contributed by atoms with van der Waals surface area (Å²) in [4.78, 5) is 16.3. The molecule has 1 aromatic rings. The zero-order chi connectivity index (χ0) is 20.5. The Bertz CT molecular complexity index is 662. The lowest BCUT2D eigenvalue weighted by molar-refractivity contribution is -0.0589. The van der Waals surface area contributed by atoms with E-state index in [-0.39, 0.29) is 11.6 Å². The highest BCUT2D eigenvalue weighted by atomic mass is 16.5. The Hall–Kier alpha value is -1.89. The summed E-state index contributed by atoms with van der Waals surface area (Å²) in [6, 6.07) is 8.10. The van der Waals surface area contributed by atoms with Gasteiger partial charge in [0.1, 0.15) is 0 Å². The fraction of sp³-hybridized carbons (Fsp3) is 0.609. The van der Waals surface area contributed by atoms with Gasteiger partial charge in [0.15, 0.2) is 0 Å². The number of carbonyl (C=O) groups excluding carboxylic acids is 1. The molecule has 1 aromatic carbocycles. The van der Waals surface area contributed by atoms with Gasteiger partial charge in [0.2, 0.25) is 0 Å². The number of hydrogen-bond acceptors (Lipinski definition) is 4. The Morgan fingerprint density at radius 2 is 1.86 bits per heavy atom. The first-order valence-electron chi connectivity index (χ1n) is 10.6. The van der Waals surface area contributed by atoms with E-state index in [1.807, 2.05) is 42.3 Å². The van der Waals surface area contributed by atoms with E-state index in [0.29, 0.717) is 13.2 Å². The molecule has 2 saturated heterocycles. The van der Waals surface area contributed by atoms with Crippen molar-refractivity contribution in [3.05, 3.63) is 42.0 Å². The third kappa shape index (κ3) is 6.04. The van der Waals surface area contributed by atoms with Crippen LogP contribution in [-0.4, -0.2) is 63.6 Å². The van der Waals surface area contributed by atoms with Crippen molar-refractivity contribution in [2.45, 2.75) is 44.3 Å². The Kier molecular flexibility index (Phi) is 8.09. The van der Waals surface area contributed by atoms with Crippen molar-refractivity contribution < 1.29 is 19.0 Å². The molecular formula is C23H34N2O4. The first-order chi connectivity index (χ1) is 14.1. The number of hydrogen-bond donors (Lipinski definition) is 0. The molecule has 0 atom stereocenters. The van der Waals surface area contributed by atoms with Gasteiger partial charge in [-0.25, -0.2) is 4.79 Å². The number of nitrogens with zero attached hydrogens (tertiary/aromatic N) is 2. The lowest BCUT2D eigenvalue weighted by Crippen LogP contribution is -2.43. The van der Waals surface area contributed by atoms with Crippen LogP contribution in [0.4, 0.5) is 10.5 Å². The fourth-order valence-corrected chi connectivity index (χ4v) is 3.89. The Morgan fingerprint density at radius 3 is 2.52 bits per heavy atom. The van der Waals surface area contributed by atoms with E-state index < -0.39 is 0 Å². The number of ether oxygens (including phenoxy) is 3. The molecule has 6 heteroatoms. The number of carbonyl (C=O) groups is 1. The largest absolute Gasteiger partial charge is 0.381 e. The second kappa shape index (κ2) is 10.8. The number of anilines is 1. The zero-order valence-corrected chi connectivity index (χ0v) is 17.8. The SMILES string of the molecule is COC1(C=CCOCc2ccc(N(C)C(=O)N3CCCCC3)cc2)CCOCC1. The van der Waals surface area contributed by atoms with Gasteiger partial charge in [-0.2, -0.15) is 0 Å². The molecule has 0 unspecified atom stereocenters. The third-order valence-corrected chi connectivity index (χ3v) is 5.89. The molecule has 3 rings (SSSR count). The van der Waals surface area contributed by atoms with Crippen molar-refractivity contribution in [3.8, 4) is 0 Å². The van der Waals surface area contributed by atoms with Gasteiger partial charge in [0.05, 0.1) is 18.8 Å². The van der Waals surface area contributed by atoms with Gasteiger partial charge < -0.3 is 19.1 Å². The Morgan fingerprint density at radius 1 is 1.17 bits per heavy atom. The first-order valence-corrected chi connectivity index (χ1v) is 10.6. The summed E-state index contributed by atoms with van der Waals surface area (Å²) in [5, 5.41) is 0. The third-order valence-electron chi connectivity index (χ3n) is 5.89. The van der Waals surface area contributed by atoms with E-state index in [1.165, 1.54) is 6.42 Å². The van der Waals surface area contributed by atoms with Gasteiger partial charge in [-0.3, -0.25) is 4.90 Å². The molecule has 0 bridgehead atoms. The lowest BCUT2D eigenvalue weighted by atomic mass is 9.93. The van der Waals surface area contributed by atoms with Crippen LogP contribution in [-0.2, 0) is 20.8 Å². The minimum atomic E-state index is -0.214. The summed E-state index contributed by atoms with van der Waals surface area (Å²) in [5.41, 5.74) is 1.79. The molecule has 0 N–H and O–H groups in total. The molecule has 29 heavy (non-hydrogen) atoms. The number of piperidine rings is 1. The van der Waals surface area contributed by atoms with Gasteiger partial charge in [-0.15, -0.1) is 0 Å². The van der Waals surface area contributed by atoms with E-state index >= 15 is 0 Å². The van der Waals surface area contributed by atoms with E-state index in [9.17, 15) is 4.79 Å². The minimum Gasteiger partial charge on any atom is -0.381 e. The fourth-order valence-electron chi connectivity index (χ4n) is 3.89. The predicted octanol–water partition coefficient (Wildman–Crippen LogP) is 4.00. The van der Waals surface area contributed by atoms with Gasteiger partial charge in [-0.05, 0) is 37.0 Å². The molecule has 2 heterocycles. The van der Waals surface area contributed by atoms with Gasteiger partial charge in [0, 0.05) is 59.0 Å². The van der Waals surface area contributed by atoms with Crippen molar-refractivity contribution in [2.75, 3.05) is 52.0 Å². The van der Waals surface area contributed by atoms with E-state index in [4.69, 9.17) is 14.2 Å². The molecule has 2 aliphatic heterocycles. The van der Waals surface area contributed by atoms with Crippen LogP contribution in [0.3, 0.4) is 0 Å². The Labute approximate surface area is 174 Å². The quantitative estimate of drug-likeness (QED) is 0.511. The second-order valence-corrected chi connectivity index (χ2v) is 7.85. The number of benzene rings is 1. The van der Waals surface area contributed by atoms with Crippen LogP contribution in [0.15, 0.2) is 36.4 Å². The molecule has 2 amide bonds. The van der Waals surface area contributed by atoms with Crippen LogP contribution in [0.5, 0.6) is 0 Å². The Balaban J connectivity index is 1.44. The normalized spacial score (nSPS) is 19.4. The molecule has 0 radical (unpaired) electrons. The summed E-state index contributed by atoms with van der Waals surface area (Å²) >= 11 is 0. The first kappa shape index (κ1) is 21.8. The van der Waals surface area contributed by atoms with E-state index in [2.05, 4.69) is 6.08 Å². The average molecular weight is 403 g/mol. The minimum absolute atomic E-state index is 0.0824. The number of methoxy groups -OCH3 is 1. The van der Waals surface area contributed by atoms with Crippen LogP contribution in [0.25, 0.3) is 0 Å². The van der Waals surface area contributed by atoms with Crippen LogP contribution >= 0.6 is 0 Å². The number of rotatable bonds is 7. The summed E-state index contributed by atoms with van der Waals surface area (Å²) < 4.78 is 16.9. The average Bonchev–Trinajstić information content (AvgIpc) is 2.79. The van der Waals surface area contributed by atoms with E-state index in [1.54, 1.807) is 12.0 Å². The highest BCUT2D eigenvalue weighted by molar-refractivity contribution is 5.91. The van der Waals surface area contributed by atoms with Crippen molar-refractivity contribution in [1.82, 2.24) is 4.90 Å². The number of urea groups is 1. The van der Waals surface area contributed by atoms with Gasteiger partial charge >= 0.3 is 6.03 Å². The number of likely N-dealkylation sites (tertiary alicyclic amines) is 1. The smallest absolute Gasteiger partial charge is 0.324 e. The lowest BCUT2D eigenvalue weighted by Gasteiger charge is -2.33. The topological polar surface area (TPSA) is 51.2 Å². The van der Waals surface area contributed by atoms with Crippen molar-refractivity contribution in [2.24, 2.45) is 0 Å². The molecule has 2 fully saturated rings. The predicted molar refractivity (Wildman–Crippen MR) is 114 cm³/mol. The summed E-state index contributed by atoms with van der Waals surface area (Å²) in [5.74, 6) is 0. The molecule has 0 aliphatic carbocycles. The molecule has 160 valence electrons. The standard InChI is InChI=1S/C23H34N2O4/c1-24(22(26)25-14-4-3-5-15-25)21-9-7-20(8-10-21)19-29-16-6-11-23(27-2)12-17-28-18-13-23/h6-11H,3-5,12-19H2,1-2H3. The maximum Gasteiger partial charge on any atom is 0.324 e. The second-order valence-electron chi connectivity index (χ2n) is 7.85. The van der Waals surface area contributed by atoms with Crippen LogP contribution in [0.1, 0.15) is 37.7 Å². The molecule has 2 aliphatic rings. The van der Waals surface area contributed by atoms with Gasteiger partial charge in [0.25, 0.3) is 0 Å². The number of amides is 2. The molecule has 0 saturated carbocycles. The highest BCUT2D eigenvalue weighted by Gasteiger charge is 2.29. The van der Waals surface area contributed by atoms with Crippen LogP contribution < -0.4 is 4.90 Å². The maximum atomic E-state index is 12.6. The highest BCUT2D eigenvalue weighted by Crippen LogP contribution is 2.25. The molecule has 0 aromatic heterocycles. The molecular weight excluding hydrogens is 368 g/mol. The summed E-state index contributed by atoms with van der Waals surface area (Å²) in [6.07, 6.45) is 9.33. The zero-order valence-electron chi connectivity index (χ0n) is 17.8. The van der Waals surface area contributed by atoms with Gasteiger partial charge in [-0.1, -0.05) is 24.3 Å². The molecule has 0 spiro atoms. The summed E-state index contributed by atoms with van der Waals surface area (Å²) in [7, 11) is 3.60.